The van der Waals surface area contributed by atoms with Crippen molar-refractivity contribution >= 4 is 11.9 Å². The molecular formula is C14H27NO4. The van der Waals surface area contributed by atoms with Crippen LogP contribution in [-0.2, 0) is 14.3 Å². The quantitative estimate of drug-likeness (QED) is 0.566. The van der Waals surface area contributed by atoms with Gasteiger partial charge in [0.15, 0.2) is 0 Å². The van der Waals surface area contributed by atoms with Gasteiger partial charge >= 0.3 is 5.97 Å². The average molecular weight is 273 g/mol. The van der Waals surface area contributed by atoms with Crippen LogP contribution >= 0.6 is 0 Å². The molecule has 5 heteroatoms. The summed E-state index contributed by atoms with van der Waals surface area (Å²) in [7, 11) is 0. The van der Waals surface area contributed by atoms with Crippen molar-refractivity contribution in [3.63, 3.8) is 0 Å². The molecule has 0 unspecified atom stereocenters. The van der Waals surface area contributed by atoms with Crippen molar-refractivity contribution in [3.8, 4) is 0 Å². The Morgan fingerprint density at radius 2 is 1.84 bits per heavy atom. The number of aliphatic carboxylic acids is 1. The van der Waals surface area contributed by atoms with E-state index in [0.717, 1.165) is 12.8 Å². The molecule has 0 saturated carbocycles. The lowest BCUT2D eigenvalue weighted by Gasteiger charge is -2.23. The Hall–Kier alpha value is -1.10. The number of carbonyl (C=O) groups excluding carboxylic acids is 1. The average Bonchev–Trinajstić information content (AvgIpc) is 2.32. The Morgan fingerprint density at radius 1 is 1.16 bits per heavy atom. The first-order valence-electron chi connectivity index (χ1n) is 6.93. The Labute approximate surface area is 115 Å². The van der Waals surface area contributed by atoms with Gasteiger partial charge in [-0.2, -0.15) is 0 Å². The first-order valence-corrected chi connectivity index (χ1v) is 6.93. The molecule has 0 bridgehead atoms. The van der Waals surface area contributed by atoms with Gasteiger partial charge in [-0.1, -0.05) is 20.8 Å². The van der Waals surface area contributed by atoms with Crippen molar-refractivity contribution in [1.82, 2.24) is 5.32 Å². The van der Waals surface area contributed by atoms with Gasteiger partial charge in [-0.05, 0) is 24.7 Å². The summed E-state index contributed by atoms with van der Waals surface area (Å²) in [4.78, 5) is 22.0. The fourth-order valence-electron chi connectivity index (χ4n) is 1.61. The monoisotopic (exact) mass is 273 g/mol. The lowest BCUT2D eigenvalue weighted by Crippen LogP contribution is -2.29. The second-order valence-corrected chi connectivity index (χ2v) is 5.52. The largest absolute Gasteiger partial charge is 0.481 e. The van der Waals surface area contributed by atoms with E-state index in [-0.39, 0.29) is 17.7 Å². The van der Waals surface area contributed by atoms with Gasteiger partial charge in [0.2, 0.25) is 5.91 Å². The Balaban J connectivity index is 3.64. The highest BCUT2D eigenvalue weighted by molar-refractivity contribution is 5.75. The molecule has 2 N–H and O–H groups in total. The van der Waals surface area contributed by atoms with Gasteiger partial charge in [-0.3, -0.25) is 9.59 Å². The number of ether oxygens (including phenoxy) is 1. The van der Waals surface area contributed by atoms with Crippen LogP contribution in [0.4, 0.5) is 0 Å². The summed E-state index contributed by atoms with van der Waals surface area (Å²) in [5, 5.41) is 11.5. The number of hydrogen-bond donors (Lipinski definition) is 2. The molecule has 0 aromatic carbocycles. The molecule has 0 aliphatic heterocycles. The van der Waals surface area contributed by atoms with Crippen LogP contribution in [0.1, 0.15) is 52.9 Å². The molecule has 0 saturated heterocycles. The molecule has 0 heterocycles. The standard InChI is InChI=1S/C14H27NO4/c1-4-10-19-11-6-12(16)15-9-8-14(2,3)7-5-13(17)18/h4-11H2,1-3H3,(H,15,16)(H,17,18). The Kier molecular flexibility index (Phi) is 9.21. The summed E-state index contributed by atoms with van der Waals surface area (Å²) in [5.74, 6) is -0.782. The van der Waals surface area contributed by atoms with Crippen LogP contribution < -0.4 is 5.32 Å². The maximum atomic E-state index is 11.5. The van der Waals surface area contributed by atoms with Gasteiger partial charge < -0.3 is 15.2 Å². The molecule has 5 nitrogen and oxygen atoms in total. The van der Waals surface area contributed by atoms with Gasteiger partial charge in [-0.25, -0.2) is 0 Å². The molecule has 0 fully saturated rings. The Morgan fingerprint density at radius 3 is 2.42 bits per heavy atom. The first kappa shape index (κ1) is 17.9. The van der Waals surface area contributed by atoms with Crippen LogP contribution in [0.2, 0.25) is 0 Å². The molecule has 1 amide bonds. The molecule has 0 rings (SSSR count). The smallest absolute Gasteiger partial charge is 0.303 e. The van der Waals surface area contributed by atoms with Crippen LogP contribution in [0.3, 0.4) is 0 Å². The fraction of sp³-hybridized carbons (Fsp3) is 0.857. The molecule has 0 spiro atoms. The zero-order chi connectivity index (χ0) is 14.7. The van der Waals surface area contributed by atoms with Gasteiger partial charge in [0.05, 0.1) is 6.61 Å². The molecule has 0 aromatic heterocycles. The van der Waals surface area contributed by atoms with Crippen molar-refractivity contribution in [1.29, 1.82) is 0 Å². The number of hydrogen-bond acceptors (Lipinski definition) is 3. The second kappa shape index (κ2) is 9.78. The third-order valence-corrected chi connectivity index (χ3v) is 2.96. The summed E-state index contributed by atoms with van der Waals surface area (Å²) < 4.78 is 5.24. The number of carboxylic acid groups (broad SMARTS) is 1. The van der Waals surface area contributed by atoms with E-state index >= 15 is 0 Å². The van der Waals surface area contributed by atoms with Gasteiger partial charge in [-0.15, -0.1) is 0 Å². The van der Waals surface area contributed by atoms with E-state index in [0.29, 0.717) is 32.6 Å². The molecule has 112 valence electrons. The molecule has 0 atom stereocenters. The zero-order valence-electron chi connectivity index (χ0n) is 12.3. The number of nitrogens with one attached hydrogen (secondary N) is 1. The molecule has 0 aliphatic carbocycles. The van der Waals surface area contributed by atoms with E-state index in [1.807, 2.05) is 20.8 Å². The fourth-order valence-corrected chi connectivity index (χ4v) is 1.61. The van der Waals surface area contributed by atoms with Crippen LogP contribution in [0.15, 0.2) is 0 Å². The number of rotatable bonds is 11. The molecular weight excluding hydrogens is 246 g/mol. The summed E-state index contributed by atoms with van der Waals surface area (Å²) in [6.07, 6.45) is 2.92. The minimum atomic E-state index is -0.773. The predicted molar refractivity (Wildman–Crippen MR) is 74.0 cm³/mol. The first-order chi connectivity index (χ1) is 8.87. The molecule has 0 radical (unpaired) electrons. The molecule has 19 heavy (non-hydrogen) atoms. The summed E-state index contributed by atoms with van der Waals surface area (Å²) in [5.41, 5.74) is -0.0651. The van der Waals surface area contributed by atoms with E-state index in [4.69, 9.17) is 9.84 Å². The number of amides is 1. The summed E-state index contributed by atoms with van der Waals surface area (Å²) >= 11 is 0. The normalized spacial score (nSPS) is 11.3. The number of carbonyl (C=O) groups is 2. The van der Waals surface area contributed by atoms with E-state index in [2.05, 4.69) is 5.32 Å². The van der Waals surface area contributed by atoms with Gasteiger partial charge in [0.1, 0.15) is 0 Å². The third kappa shape index (κ3) is 11.7. The number of carboxylic acids is 1. The minimum absolute atomic E-state index is 0.00913. The van der Waals surface area contributed by atoms with Gasteiger partial charge in [0.25, 0.3) is 0 Å². The summed E-state index contributed by atoms with van der Waals surface area (Å²) in [6.45, 7) is 7.80. The predicted octanol–water partition coefficient (Wildman–Crippen LogP) is 2.20. The highest BCUT2D eigenvalue weighted by atomic mass is 16.5. The lowest BCUT2D eigenvalue weighted by atomic mass is 9.84. The molecule has 0 aliphatic rings. The van der Waals surface area contributed by atoms with Crippen LogP contribution in [0, 0.1) is 5.41 Å². The van der Waals surface area contributed by atoms with Crippen molar-refractivity contribution in [2.75, 3.05) is 19.8 Å². The third-order valence-electron chi connectivity index (χ3n) is 2.96. The van der Waals surface area contributed by atoms with Crippen LogP contribution in [0.5, 0.6) is 0 Å². The summed E-state index contributed by atoms with van der Waals surface area (Å²) in [6, 6.07) is 0. The SMILES string of the molecule is CCCOCCC(=O)NCCC(C)(C)CCC(=O)O. The van der Waals surface area contributed by atoms with Crippen LogP contribution in [0.25, 0.3) is 0 Å². The van der Waals surface area contributed by atoms with E-state index in [1.165, 1.54) is 0 Å². The maximum Gasteiger partial charge on any atom is 0.303 e. The lowest BCUT2D eigenvalue weighted by molar-refractivity contribution is -0.137. The minimum Gasteiger partial charge on any atom is -0.481 e. The highest BCUT2D eigenvalue weighted by Crippen LogP contribution is 2.25. The van der Waals surface area contributed by atoms with E-state index < -0.39 is 5.97 Å². The highest BCUT2D eigenvalue weighted by Gasteiger charge is 2.19. The zero-order valence-corrected chi connectivity index (χ0v) is 12.3. The maximum absolute atomic E-state index is 11.5. The van der Waals surface area contributed by atoms with Gasteiger partial charge in [0, 0.05) is 26.0 Å². The van der Waals surface area contributed by atoms with Crippen molar-refractivity contribution in [3.05, 3.63) is 0 Å². The molecule has 0 aromatic rings. The topological polar surface area (TPSA) is 75.6 Å². The second-order valence-electron chi connectivity index (χ2n) is 5.52. The van der Waals surface area contributed by atoms with Crippen LogP contribution in [-0.4, -0.2) is 36.7 Å². The van der Waals surface area contributed by atoms with Crippen molar-refractivity contribution < 1.29 is 19.4 Å². The van der Waals surface area contributed by atoms with E-state index in [1.54, 1.807) is 0 Å². The van der Waals surface area contributed by atoms with Crippen molar-refractivity contribution in [2.24, 2.45) is 5.41 Å². The van der Waals surface area contributed by atoms with Crippen molar-refractivity contribution in [2.45, 2.75) is 52.9 Å². The Bertz CT molecular complexity index is 277. The van der Waals surface area contributed by atoms with E-state index in [9.17, 15) is 9.59 Å².